The minimum atomic E-state index is -0.465. The zero-order valence-corrected chi connectivity index (χ0v) is 20.0. The van der Waals surface area contributed by atoms with Gasteiger partial charge >= 0.3 is 0 Å². The molecular weight excluding hydrogens is 454 g/mol. The van der Waals surface area contributed by atoms with E-state index in [0.717, 1.165) is 27.8 Å². The van der Waals surface area contributed by atoms with Crippen LogP contribution in [0.2, 0.25) is 0 Å². The number of likely N-dealkylation sites (N-methyl/N-ethyl adjacent to an activating group) is 1. The molecule has 0 unspecified atom stereocenters. The summed E-state index contributed by atoms with van der Waals surface area (Å²) in [5.41, 5.74) is 4.50. The Labute approximate surface area is 192 Å². The summed E-state index contributed by atoms with van der Waals surface area (Å²) in [6.07, 6.45) is 3.82. The van der Waals surface area contributed by atoms with Crippen LogP contribution in [-0.4, -0.2) is 25.1 Å². The number of nitriles is 1. The second-order valence-electron chi connectivity index (χ2n) is 7.97. The lowest BCUT2D eigenvalue weighted by atomic mass is 9.87. The number of nitrogens with zero attached hydrogens (tertiary/aromatic N) is 2. The van der Waals surface area contributed by atoms with E-state index in [2.05, 4.69) is 59.9 Å². The van der Waals surface area contributed by atoms with Crippen molar-refractivity contribution in [2.75, 3.05) is 23.9 Å². The summed E-state index contributed by atoms with van der Waals surface area (Å²) in [6, 6.07) is 13.2. The van der Waals surface area contributed by atoms with Gasteiger partial charge in [0.05, 0.1) is 12.6 Å². The smallest absolute Gasteiger partial charge is 0.266 e. The summed E-state index contributed by atoms with van der Waals surface area (Å²) in [7, 11) is 1.60. The number of hydrogen-bond donors (Lipinski definition) is 1. The summed E-state index contributed by atoms with van der Waals surface area (Å²) < 4.78 is 6.54. The molecule has 1 aliphatic rings. The highest BCUT2D eigenvalue weighted by atomic mass is 79.9. The van der Waals surface area contributed by atoms with E-state index in [0.29, 0.717) is 17.0 Å². The first-order valence-corrected chi connectivity index (χ1v) is 10.9. The van der Waals surface area contributed by atoms with E-state index in [-0.39, 0.29) is 11.1 Å². The molecule has 2 aromatic rings. The van der Waals surface area contributed by atoms with Crippen LogP contribution in [0.5, 0.6) is 5.75 Å². The normalized spacial score (nSPS) is 14.9. The molecule has 0 saturated heterocycles. The fraction of sp³-hybridized carbons (Fsp3) is 0.280. The molecule has 0 saturated carbocycles. The molecule has 1 N–H and O–H groups in total. The number of nitrogens with one attached hydrogen (secondary N) is 1. The van der Waals surface area contributed by atoms with Gasteiger partial charge in [0.2, 0.25) is 0 Å². The van der Waals surface area contributed by atoms with Crippen molar-refractivity contribution >= 4 is 44.9 Å². The topological polar surface area (TPSA) is 65.4 Å². The molecule has 1 amide bonds. The quantitative estimate of drug-likeness (QED) is 0.420. The molecule has 0 aliphatic carbocycles. The van der Waals surface area contributed by atoms with E-state index in [4.69, 9.17) is 4.74 Å². The SMILES string of the molecule is CCN1c2cc(OC)c(/C=C(\C#N)C(=O)Nc3ccc(Br)cc3)cc2C(C)=CC1(C)C. The van der Waals surface area contributed by atoms with Gasteiger partial charge in [-0.3, -0.25) is 4.79 Å². The van der Waals surface area contributed by atoms with Crippen molar-refractivity contribution in [1.29, 1.82) is 5.26 Å². The van der Waals surface area contributed by atoms with Gasteiger partial charge in [-0.05, 0) is 69.7 Å². The third kappa shape index (κ3) is 4.67. The van der Waals surface area contributed by atoms with Crippen molar-refractivity contribution < 1.29 is 9.53 Å². The molecule has 6 heteroatoms. The van der Waals surface area contributed by atoms with Crippen LogP contribution in [0.4, 0.5) is 11.4 Å². The number of carbonyl (C=O) groups is 1. The van der Waals surface area contributed by atoms with Crippen molar-refractivity contribution in [3.8, 4) is 11.8 Å². The fourth-order valence-corrected chi connectivity index (χ4v) is 4.29. The van der Waals surface area contributed by atoms with Gasteiger partial charge in [0.15, 0.2) is 0 Å². The molecule has 5 nitrogen and oxygen atoms in total. The number of ether oxygens (including phenoxy) is 1. The van der Waals surface area contributed by atoms with E-state index in [1.807, 2.05) is 30.3 Å². The van der Waals surface area contributed by atoms with Crippen molar-refractivity contribution in [3.63, 3.8) is 0 Å². The molecule has 0 radical (unpaired) electrons. The van der Waals surface area contributed by atoms with Crippen molar-refractivity contribution in [1.82, 2.24) is 0 Å². The largest absolute Gasteiger partial charge is 0.496 e. The number of fused-ring (bicyclic) bond motifs is 1. The Hall–Kier alpha value is -3.04. The van der Waals surface area contributed by atoms with Gasteiger partial charge in [0, 0.05) is 39.6 Å². The Morgan fingerprint density at radius 3 is 2.55 bits per heavy atom. The predicted octanol–water partition coefficient (Wildman–Crippen LogP) is 6.03. The third-order valence-electron chi connectivity index (χ3n) is 5.41. The van der Waals surface area contributed by atoms with E-state index in [1.54, 1.807) is 25.3 Å². The molecule has 1 aliphatic heterocycles. The van der Waals surface area contributed by atoms with Crippen LogP contribution in [0.15, 0.2) is 52.5 Å². The number of anilines is 2. The van der Waals surface area contributed by atoms with Gasteiger partial charge in [-0.15, -0.1) is 0 Å². The standard InChI is InChI=1S/C25H26BrN3O2/c1-6-29-22-13-23(31-5)17(12-21(22)16(2)14-25(29,3)4)11-18(15-27)24(30)28-20-9-7-19(26)8-10-20/h7-14H,6H2,1-5H3,(H,28,30)/b18-11+. The lowest BCUT2D eigenvalue weighted by molar-refractivity contribution is -0.112. The number of methoxy groups -OCH3 is 1. The van der Waals surface area contributed by atoms with E-state index >= 15 is 0 Å². The maximum atomic E-state index is 12.7. The van der Waals surface area contributed by atoms with Crippen LogP contribution in [0.25, 0.3) is 11.6 Å². The van der Waals surface area contributed by atoms with Crippen molar-refractivity contribution in [2.45, 2.75) is 33.2 Å². The average molecular weight is 480 g/mol. The van der Waals surface area contributed by atoms with E-state index in [9.17, 15) is 10.1 Å². The van der Waals surface area contributed by atoms with Crippen LogP contribution in [0, 0.1) is 11.3 Å². The fourth-order valence-electron chi connectivity index (χ4n) is 4.02. The van der Waals surface area contributed by atoms with Crippen LogP contribution < -0.4 is 15.0 Å². The molecule has 0 atom stereocenters. The number of allylic oxidation sites excluding steroid dienone is 1. The van der Waals surface area contributed by atoms with Gasteiger partial charge in [0.1, 0.15) is 17.4 Å². The number of halogens is 1. The first kappa shape index (κ1) is 22.6. The molecule has 3 rings (SSSR count). The van der Waals surface area contributed by atoms with Gasteiger partial charge < -0.3 is 15.0 Å². The molecule has 2 aromatic carbocycles. The average Bonchev–Trinajstić information content (AvgIpc) is 2.72. The van der Waals surface area contributed by atoms with E-state index in [1.165, 1.54) is 0 Å². The lowest BCUT2D eigenvalue weighted by Crippen LogP contribution is -2.44. The first-order valence-electron chi connectivity index (χ1n) is 10.1. The number of carbonyl (C=O) groups excluding carboxylic acids is 1. The highest BCUT2D eigenvalue weighted by molar-refractivity contribution is 9.10. The number of amides is 1. The minimum absolute atomic E-state index is 0.00582. The van der Waals surface area contributed by atoms with Crippen LogP contribution in [0.3, 0.4) is 0 Å². The van der Waals surface area contributed by atoms with Gasteiger partial charge in [-0.2, -0.15) is 5.26 Å². The Morgan fingerprint density at radius 1 is 1.29 bits per heavy atom. The van der Waals surface area contributed by atoms with Gasteiger partial charge in [-0.1, -0.05) is 22.0 Å². The Bertz CT molecular complexity index is 1110. The summed E-state index contributed by atoms with van der Waals surface area (Å²) in [4.78, 5) is 15.0. The van der Waals surface area contributed by atoms with Crippen LogP contribution in [0.1, 0.15) is 38.8 Å². The zero-order chi connectivity index (χ0) is 22.8. The zero-order valence-electron chi connectivity index (χ0n) is 18.4. The maximum absolute atomic E-state index is 12.7. The summed E-state index contributed by atoms with van der Waals surface area (Å²) in [5.74, 6) is 0.153. The molecule has 31 heavy (non-hydrogen) atoms. The van der Waals surface area contributed by atoms with Gasteiger partial charge in [0.25, 0.3) is 5.91 Å². The second kappa shape index (κ2) is 8.99. The number of rotatable bonds is 5. The third-order valence-corrected chi connectivity index (χ3v) is 5.94. The highest BCUT2D eigenvalue weighted by Crippen LogP contribution is 2.42. The molecule has 160 valence electrons. The van der Waals surface area contributed by atoms with Crippen molar-refractivity contribution in [2.24, 2.45) is 0 Å². The predicted molar refractivity (Wildman–Crippen MR) is 130 cm³/mol. The molecule has 0 spiro atoms. The van der Waals surface area contributed by atoms with Crippen LogP contribution >= 0.6 is 15.9 Å². The first-order chi connectivity index (χ1) is 14.7. The molecule has 0 fully saturated rings. The van der Waals surface area contributed by atoms with Crippen molar-refractivity contribution in [3.05, 3.63) is 63.6 Å². The monoisotopic (exact) mass is 479 g/mol. The Morgan fingerprint density at radius 2 is 1.97 bits per heavy atom. The maximum Gasteiger partial charge on any atom is 0.266 e. The van der Waals surface area contributed by atoms with Crippen LogP contribution in [-0.2, 0) is 4.79 Å². The highest BCUT2D eigenvalue weighted by Gasteiger charge is 2.31. The number of benzene rings is 2. The minimum Gasteiger partial charge on any atom is -0.496 e. The molecule has 0 bridgehead atoms. The summed E-state index contributed by atoms with van der Waals surface area (Å²) in [6.45, 7) is 9.42. The lowest BCUT2D eigenvalue weighted by Gasteiger charge is -2.43. The number of hydrogen-bond acceptors (Lipinski definition) is 4. The molecular formula is C25H26BrN3O2. The summed E-state index contributed by atoms with van der Waals surface area (Å²) in [5, 5.41) is 12.4. The Balaban J connectivity index is 2.02. The second-order valence-corrected chi connectivity index (χ2v) is 8.88. The molecule has 0 aromatic heterocycles. The van der Waals surface area contributed by atoms with E-state index < -0.39 is 5.91 Å². The Kier molecular flexibility index (Phi) is 6.56. The molecule has 1 heterocycles. The summed E-state index contributed by atoms with van der Waals surface area (Å²) >= 11 is 3.37. The van der Waals surface area contributed by atoms with Gasteiger partial charge in [-0.25, -0.2) is 0 Å².